The van der Waals surface area contributed by atoms with Gasteiger partial charge in [-0.3, -0.25) is 0 Å². The van der Waals surface area contributed by atoms with Crippen LogP contribution in [0.5, 0.6) is 0 Å². The van der Waals surface area contributed by atoms with Crippen LogP contribution in [0.2, 0.25) is 0 Å². The highest BCUT2D eigenvalue weighted by atomic mass is 15.2. The highest BCUT2D eigenvalue weighted by Crippen LogP contribution is 2.56. The molecule has 17 rings (SSSR count). The van der Waals surface area contributed by atoms with Crippen molar-refractivity contribution in [2.75, 3.05) is 9.80 Å². The molecule has 0 atom stereocenters. The molecule has 0 radical (unpaired) electrons. The average molecular weight is 1350 g/mol. The van der Waals surface area contributed by atoms with Crippen LogP contribution in [0.3, 0.4) is 0 Å². The second kappa shape index (κ2) is 26.7. The standard InChI is InChI=1S/C102H85BN2/c1-100(2,3)76-58-52-68(53-59-76)74-56-62-93-91(64-74)103-92-65-75(69-54-60-77(61-55-69)101(4,5)6)57-63-94(92)105(99-89(85-46-28-24-42-81(85)72-36-18-12-19-37-72)50-31-51-90(99)86-47-29-25-43-82(86)73-38-20-13-21-39-73)96-67-78(102(7,8)9)66-95(97(96)103)104(93)98-87(83-44-26-22-40-79(83)70-32-14-10-15-33-70)48-30-49-88(98)84-45-27-23-41-80(84)71-34-16-11-17-35-71/h10-67H,1-9H3. The summed E-state index contributed by atoms with van der Waals surface area (Å²) < 4.78 is 0. The Labute approximate surface area is 621 Å². The smallest absolute Gasteiger partial charge is 0.252 e. The fourth-order valence-corrected chi connectivity index (χ4v) is 16.4. The number of para-hydroxylation sites is 2. The van der Waals surface area contributed by atoms with Crippen molar-refractivity contribution in [1.29, 1.82) is 0 Å². The lowest BCUT2D eigenvalue weighted by Gasteiger charge is -2.46. The summed E-state index contributed by atoms with van der Waals surface area (Å²) in [5.41, 5.74) is 37.1. The molecule has 2 aliphatic rings. The predicted octanol–water partition coefficient (Wildman–Crippen LogP) is 26.3. The maximum absolute atomic E-state index is 2.72. The quantitative estimate of drug-likeness (QED) is 0.113. The van der Waals surface area contributed by atoms with Crippen molar-refractivity contribution in [3.63, 3.8) is 0 Å². The molecule has 506 valence electrons. The molecule has 3 heteroatoms. The Kier molecular flexibility index (Phi) is 16.8. The molecule has 15 aromatic rings. The molecule has 0 unspecified atom stereocenters. The van der Waals surface area contributed by atoms with E-state index in [1.165, 1.54) is 77.6 Å². The van der Waals surface area contributed by atoms with Gasteiger partial charge in [0.05, 0.1) is 11.4 Å². The number of rotatable bonds is 12. The highest BCUT2D eigenvalue weighted by Gasteiger charge is 2.46. The molecule has 0 amide bonds. The fraction of sp³-hybridized carbons (Fsp3) is 0.118. The van der Waals surface area contributed by atoms with Crippen LogP contribution in [0, 0.1) is 0 Å². The zero-order valence-electron chi connectivity index (χ0n) is 61.5. The third kappa shape index (κ3) is 12.1. The summed E-state index contributed by atoms with van der Waals surface area (Å²) in [6.45, 7) is 20.8. The van der Waals surface area contributed by atoms with E-state index in [0.29, 0.717) is 0 Å². The van der Waals surface area contributed by atoms with Crippen LogP contribution in [0.4, 0.5) is 34.1 Å². The van der Waals surface area contributed by atoms with Crippen LogP contribution in [-0.4, -0.2) is 6.71 Å². The minimum atomic E-state index is -0.338. The minimum Gasteiger partial charge on any atom is -0.310 e. The monoisotopic (exact) mass is 1350 g/mol. The summed E-state index contributed by atoms with van der Waals surface area (Å²) in [5.74, 6) is 0. The van der Waals surface area contributed by atoms with Crippen LogP contribution in [0.1, 0.15) is 79.0 Å². The second-order valence-corrected chi connectivity index (χ2v) is 31.5. The number of hydrogen-bond donors (Lipinski definition) is 0. The van der Waals surface area contributed by atoms with Crippen LogP contribution in [0.25, 0.3) is 111 Å². The first kappa shape index (κ1) is 66.2. The molecular formula is C102H85BN2. The summed E-state index contributed by atoms with van der Waals surface area (Å²) in [6.07, 6.45) is 0. The SMILES string of the molecule is CC(C)(C)c1ccc(-c2ccc3c(c2)B2c4cc(-c5ccc(C(C)(C)C)cc5)ccc4N(c4c(-c5ccccc5-c5ccccc5)cccc4-c4ccccc4-c4ccccc4)c4cc(C(C)(C)C)cc(c42)N3c2c(-c3ccccc3-c3ccccc3)cccc2-c2ccccc2-c2ccccc2)cc1. The molecule has 15 aromatic carbocycles. The molecule has 0 saturated heterocycles. The van der Waals surface area contributed by atoms with Crippen molar-refractivity contribution >= 4 is 57.2 Å². The molecule has 0 bridgehead atoms. The predicted molar refractivity (Wildman–Crippen MR) is 451 cm³/mol. The lowest BCUT2D eigenvalue weighted by Crippen LogP contribution is -2.61. The molecule has 0 N–H and O–H groups in total. The van der Waals surface area contributed by atoms with E-state index < -0.39 is 0 Å². The summed E-state index contributed by atoms with van der Waals surface area (Å²) in [6, 6.07) is 133. The summed E-state index contributed by atoms with van der Waals surface area (Å²) in [7, 11) is 0. The van der Waals surface area contributed by atoms with E-state index in [2.05, 4.69) is 424 Å². The Morgan fingerprint density at radius 2 is 0.438 bits per heavy atom. The fourth-order valence-electron chi connectivity index (χ4n) is 16.4. The van der Waals surface area contributed by atoms with Gasteiger partial charge in [0.2, 0.25) is 0 Å². The Balaban J connectivity index is 1.05. The van der Waals surface area contributed by atoms with Crippen molar-refractivity contribution in [1.82, 2.24) is 0 Å². The van der Waals surface area contributed by atoms with Gasteiger partial charge < -0.3 is 9.80 Å². The summed E-state index contributed by atoms with van der Waals surface area (Å²) in [4.78, 5) is 5.45. The van der Waals surface area contributed by atoms with Crippen molar-refractivity contribution in [3.05, 3.63) is 369 Å². The number of benzene rings is 15. The zero-order valence-corrected chi connectivity index (χ0v) is 61.5. The molecule has 2 heterocycles. The Bertz CT molecular complexity index is 5210. The van der Waals surface area contributed by atoms with E-state index in [9.17, 15) is 0 Å². The van der Waals surface area contributed by atoms with E-state index >= 15 is 0 Å². The van der Waals surface area contributed by atoms with E-state index in [0.717, 1.165) is 101 Å². The lowest BCUT2D eigenvalue weighted by atomic mass is 9.33. The lowest BCUT2D eigenvalue weighted by molar-refractivity contribution is 0.590. The van der Waals surface area contributed by atoms with E-state index in [1.54, 1.807) is 0 Å². The third-order valence-electron chi connectivity index (χ3n) is 21.8. The first-order chi connectivity index (χ1) is 51.0. The average Bonchev–Trinajstić information content (AvgIpc) is 0.686. The molecule has 105 heavy (non-hydrogen) atoms. The van der Waals surface area contributed by atoms with Gasteiger partial charge in [-0.15, -0.1) is 0 Å². The second-order valence-electron chi connectivity index (χ2n) is 31.5. The summed E-state index contributed by atoms with van der Waals surface area (Å²) in [5, 5.41) is 0. The number of anilines is 6. The summed E-state index contributed by atoms with van der Waals surface area (Å²) >= 11 is 0. The van der Waals surface area contributed by atoms with E-state index in [-0.39, 0.29) is 23.0 Å². The molecule has 0 aromatic heterocycles. The largest absolute Gasteiger partial charge is 0.310 e. The number of nitrogens with zero attached hydrogens (tertiary/aromatic N) is 2. The molecule has 0 saturated carbocycles. The van der Waals surface area contributed by atoms with Gasteiger partial charge in [0, 0.05) is 45.0 Å². The van der Waals surface area contributed by atoms with E-state index in [1.807, 2.05) is 0 Å². The maximum atomic E-state index is 2.72. The molecule has 0 fully saturated rings. The Morgan fingerprint density at radius 1 is 0.190 bits per heavy atom. The maximum Gasteiger partial charge on any atom is 0.252 e. The topological polar surface area (TPSA) is 6.48 Å². The zero-order chi connectivity index (χ0) is 71.7. The van der Waals surface area contributed by atoms with Crippen molar-refractivity contribution in [2.45, 2.75) is 78.6 Å². The van der Waals surface area contributed by atoms with E-state index in [4.69, 9.17) is 0 Å². The Morgan fingerprint density at radius 3 is 0.714 bits per heavy atom. The first-order valence-corrected chi connectivity index (χ1v) is 37.2. The normalized spacial score (nSPS) is 12.6. The van der Waals surface area contributed by atoms with Gasteiger partial charge in [0.1, 0.15) is 0 Å². The van der Waals surface area contributed by atoms with Crippen molar-refractivity contribution in [2.24, 2.45) is 0 Å². The first-order valence-electron chi connectivity index (χ1n) is 37.2. The molecule has 2 aliphatic heterocycles. The van der Waals surface area contributed by atoms with Crippen molar-refractivity contribution in [3.8, 4) is 111 Å². The van der Waals surface area contributed by atoms with Gasteiger partial charge in [-0.25, -0.2) is 0 Å². The third-order valence-corrected chi connectivity index (χ3v) is 21.8. The highest BCUT2D eigenvalue weighted by molar-refractivity contribution is 7.00. The Hall–Kier alpha value is -12.0. The number of fused-ring (bicyclic) bond motifs is 4. The van der Waals surface area contributed by atoms with Crippen LogP contribution < -0.4 is 26.2 Å². The molecular weight excluding hydrogens is 1260 g/mol. The number of hydrogen-bond acceptors (Lipinski definition) is 2. The van der Waals surface area contributed by atoms with Crippen molar-refractivity contribution < 1.29 is 0 Å². The minimum absolute atomic E-state index is 0.0154. The van der Waals surface area contributed by atoms with Gasteiger partial charge in [-0.2, -0.15) is 0 Å². The molecule has 0 aliphatic carbocycles. The van der Waals surface area contributed by atoms with Crippen LogP contribution >= 0.6 is 0 Å². The van der Waals surface area contributed by atoms with Gasteiger partial charge in [-0.05, 0) is 163 Å². The molecule has 2 nitrogen and oxygen atoms in total. The van der Waals surface area contributed by atoms with Crippen LogP contribution in [-0.2, 0) is 16.2 Å². The van der Waals surface area contributed by atoms with Crippen LogP contribution in [0.15, 0.2) is 352 Å². The molecule has 0 spiro atoms. The van der Waals surface area contributed by atoms with Gasteiger partial charge in [-0.1, -0.05) is 390 Å². The van der Waals surface area contributed by atoms with Gasteiger partial charge in [0.15, 0.2) is 0 Å². The van der Waals surface area contributed by atoms with Gasteiger partial charge in [0.25, 0.3) is 6.71 Å². The van der Waals surface area contributed by atoms with Gasteiger partial charge >= 0.3 is 0 Å².